The highest BCUT2D eigenvalue weighted by Gasteiger charge is 2.68. The van der Waals surface area contributed by atoms with Crippen molar-refractivity contribution < 1.29 is 19.1 Å². The molecule has 0 aromatic rings. The molecule has 30 heavy (non-hydrogen) atoms. The molecular weight excluding hydrogens is 444 g/mol. The van der Waals surface area contributed by atoms with Crippen LogP contribution in [0, 0.1) is 35.0 Å². The number of hydrogen-bond acceptors (Lipinski definition) is 4. The van der Waals surface area contributed by atoms with E-state index in [0.717, 1.165) is 44.9 Å². The zero-order valence-corrected chi connectivity index (χ0v) is 20.7. The maximum atomic E-state index is 14.0. The van der Waals surface area contributed by atoms with Gasteiger partial charge in [0.25, 0.3) is 0 Å². The maximum Gasteiger partial charge on any atom is 0.305 e. The minimum atomic E-state index is -0.564. The molecule has 2 saturated carbocycles. The van der Waals surface area contributed by atoms with Gasteiger partial charge in [-0.25, -0.2) is 0 Å². The van der Waals surface area contributed by atoms with Crippen LogP contribution >= 0.6 is 15.9 Å². The third kappa shape index (κ3) is 3.50. The smallest absolute Gasteiger partial charge is 0.305 e. The lowest BCUT2D eigenvalue weighted by Crippen LogP contribution is -2.67. The summed E-state index contributed by atoms with van der Waals surface area (Å²) in [5.74, 6) is 2.55. The van der Waals surface area contributed by atoms with E-state index in [1.165, 1.54) is 20.0 Å². The molecule has 2 aliphatic heterocycles. The lowest BCUT2D eigenvalue weighted by Gasteiger charge is -2.59. The predicted molar refractivity (Wildman–Crippen MR) is 120 cm³/mol. The average molecular weight is 483 g/mol. The first-order valence-corrected chi connectivity index (χ1v) is 13.1. The van der Waals surface area contributed by atoms with Crippen LogP contribution in [0.15, 0.2) is 0 Å². The fraction of sp³-hybridized carbons (Fsp3) is 0.920. The number of esters is 1. The van der Waals surface area contributed by atoms with Crippen molar-refractivity contribution in [1.82, 2.24) is 0 Å². The molecule has 4 fully saturated rings. The molecule has 0 N–H and O–H groups in total. The van der Waals surface area contributed by atoms with Crippen LogP contribution in [-0.4, -0.2) is 35.4 Å². The highest BCUT2D eigenvalue weighted by atomic mass is 79.9. The maximum absolute atomic E-state index is 14.0. The quantitative estimate of drug-likeness (QED) is 0.380. The second-order valence-electron chi connectivity index (χ2n) is 11.0. The van der Waals surface area contributed by atoms with Crippen LogP contribution in [0.5, 0.6) is 0 Å². The number of rotatable bonds is 4. The van der Waals surface area contributed by atoms with Gasteiger partial charge in [0, 0.05) is 6.42 Å². The Bertz CT molecular complexity index is 680. The van der Waals surface area contributed by atoms with Crippen molar-refractivity contribution in [3.8, 4) is 0 Å². The highest BCUT2D eigenvalue weighted by molar-refractivity contribution is 9.10. The Hall–Kier alpha value is -0.420. The number of carbonyl (C=O) groups is 2. The number of methoxy groups -OCH3 is 1. The van der Waals surface area contributed by atoms with E-state index in [1.807, 2.05) is 0 Å². The minimum absolute atomic E-state index is 0.0682. The molecular formula is C25H39BrO4. The zero-order valence-electron chi connectivity index (χ0n) is 19.1. The average Bonchev–Trinajstić information content (AvgIpc) is 3.08. The normalized spacial score (nSPS) is 46.9. The highest BCUT2D eigenvalue weighted by Crippen LogP contribution is 2.65. The van der Waals surface area contributed by atoms with Gasteiger partial charge < -0.3 is 9.47 Å². The van der Waals surface area contributed by atoms with Crippen molar-refractivity contribution in [2.45, 2.75) is 102 Å². The van der Waals surface area contributed by atoms with Crippen molar-refractivity contribution >= 4 is 27.7 Å². The summed E-state index contributed by atoms with van der Waals surface area (Å²) in [7, 11) is 1.46. The van der Waals surface area contributed by atoms with Gasteiger partial charge in [0.1, 0.15) is 5.60 Å². The number of Topliss-reactive ketones (excluding diaryl/α,β-unsaturated/α-hetero) is 1. The SMILES string of the molecule is COC(=O)CCC(C)C1CCC2C3CCC(C)CC4CCCC3(O4)C(=O)C(Br)C12C. The molecule has 4 nitrogen and oxygen atoms in total. The summed E-state index contributed by atoms with van der Waals surface area (Å²) in [4.78, 5) is 25.6. The van der Waals surface area contributed by atoms with Crippen molar-refractivity contribution in [2.75, 3.05) is 7.11 Å². The van der Waals surface area contributed by atoms with E-state index in [9.17, 15) is 9.59 Å². The Morgan fingerprint density at radius 3 is 2.70 bits per heavy atom. The molecule has 9 atom stereocenters. The summed E-state index contributed by atoms with van der Waals surface area (Å²) < 4.78 is 11.6. The molecule has 170 valence electrons. The van der Waals surface area contributed by atoms with Crippen molar-refractivity contribution in [2.24, 2.45) is 35.0 Å². The third-order valence-electron chi connectivity index (χ3n) is 9.47. The van der Waals surface area contributed by atoms with Crippen molar-refractivity contribution in [3.63, 3.8) is 0 Å². The number of carbonyl (C=O) groups excluding carboxylic acids is 2. The summed E-state index contributed by atoms with van der Waals surface area (Å²) >= 11 is 3.94. The van der Waals surface area contributed by atoms with Crippen LogP contribution in [0.1, 0.15) is 85.0 Å². The van der Waals surface area contributed by atoms with E-state index < -0.39 is 5.60 Å². The second kappa shape index (κ2) is 8.50. The summed E-state index contributed by atoms with van der Waals surface area (Å²) in [5.41, 5.74) is -0.632. The molecule has 5 heteroatoms. The van der Waals surface area contributed by atoms with E-state index in [0.29, 0.717) is 41.8 Å². The standard InChI is InChI=1S/C25H39BrO4/c1-15-7-9-20-19-11-10-18(16(2)8-12-21(27)29-4)24(19,3)22(26)23(28)25(20)13-5-6-17(14-15)30-25/h15-20,22H,5-14H2,1-4H3. The van der Waals surface area contributed by atoms with Gasteiger partial charge in [-0.2, -0.15) is 0 Å². The Balaban J connectivity index is 1.64. The van der Waals surface area contributed by atoms with E-state index in [2.05, 4.69) is 36.7 Å². The van der Waals surface area contributed by atoms with Gasteiger partial charge in [0.15, 0.2) is 5.78 Å². The van der Waals surface area contributed by atoms with E-state index >= 15 is 0 Å². The summed E-state index contributed by atoms with van der Waals surface area (Å²) in [5, 5.41) is 0. The lowest BCUT2D eigenvalue weighted by molar-refractivity contribution is -0.211. The molecule has 0 amide bonds. The van der Waals surface area contributed by atoms with Gasteiger partial charge >= 0.3 is 5.97 Å². The van der Waals surface area contributed by atoms with Crippen LogP contribution in [0.4, 0.5) is 0 Å². The number of alkyl halides is 1. The lowest BCUT2D eigenvalue weighted by atomic mass is 9.52. The van der Waals surface area contributed by atoms with Crippen molar-refractivity contribution in [3.05, 3.63) is 0 Å². The van der Waals surface area contributed by atoms with Crippen LogP contribution < -0.4 is 0 Å². The summed E-state index contributed by atoms with van der Waals surface area (Å²) in [6.07, 6.45) is 10.4. The largest absolute Gasteiger partial charge is 0.469 e. The first-order chi connectivity index (χ1) is 14.2. The number of halogens is 1. The van der Waals surface area contributed by atoms with Crippen LogP contribution in [0.2, 0.25) is 0 Å². The fourth-order valence-corrected chi connectivity index (χ4v) is 8.98. The molecule has 0 aromatic carbocycles. The Labute approximate surface area is 190 Å². The molecule has 9 unspecified atom stereocenters. The zero-order chi connectivity index (χ0) is 21.7. The van der Waals surface area contributed by atoms with Gasteiger partial charge in [0.2, 0.25) is 0 Å². The predicted octanol–water partition coefficient (Wildman–Crippen LogP) is 5.70. The topological polar surface area (TPSA) is 52.6 Å². The van der Waals surface area contributed by atoms with Crippen LogP contribution in [-0.2, 0) is 19.1 Å². The number of fused-ring (bicyclic) bond motifs is 3. The molecule has 0 aromatic heterocycles. The van der Waals surface area contributed by atoms with Crippen molar-refractivity contribution in [1.29, 1.82) is 0 Å². The summed E-state index contributed by atoms with van der Waals surface area (Å²) in [6.45, 7) is 6.98. The number of ether oxygens (including phenoxy) is 2. The van der Waals surface area contributed by atoms with Gasteiger partial charge in [-0.1, -0.05) is 43.1 Å². The molecule has 2 bridgehead atoms. The Morgan fingerprint density at radius 2 is 1.97 bits per heavy atom. The van der Waals surface area contributed by atoms with E-state index in [-0.39, 0.29) is 22.3 Å². The molecule has 2 aliphatic carbocycles. The van der Waals surface area contributed by atoms with Gasteiger partial charge in [-0.15, -0.1) is 0 Å². The van der Waals surface area contributed by atoms with Gasteiger partial charge in [-0.3, -0.25) is 9.59 Å². The monoisotopic (exact) mass is 482 g/mol. The van der Waals surface area contributed by atoms with E-state index in [4.69, 9.17) is 9.47 Å². The minimum Gasteiger partial charge on any atom is -0.469 e. The third-order valence-corrected chi connectivity index (χ3v) is 10.9. The van der Waals surface area contributed by atoms with Gasteiger partial charge in [0.05, 0.1) is 18.0 Å². The molecule has 4 rings (SSSR count). The molecule has 1 spiro atoms. The number of ketones is 1. The molecule has 4 aliphatic rings. The molecule has 2 saturated heterocycles. The Kier molecular flexibility index (Phi) is 6.45. The fourth-order valence-electron chi connectivity index (χ4n) is 7.91. The van der Waals surface area contributed by atoms with Gasteiger partial charge in [-0.05, 0) is 86.4 Å². The summed E-state index contributed by atoms with van der Waals surface area (Å²) in [6, 6.07) is 0. The van der Waals surface area contributed by atoms with Crippen LogP contribution in [0.25, 0.3) is 0 Å². The van der Waals surface area contributed by atoms with E-state index in [1.54, 1.807) is 0 Å². The Morgan fingerprint density at radius 1 is 1.23 bits per heavy atom. The molecule has 0 radical (unpaired) electrons. The number of hydrogen-bond donors (Lipinski definition) is 0. The first kappa shape index (κ1) is 22.8. The van der Waals surface area contributed by atoms with Crippen LogP contribution in [0.3, 0.4) is 0 Å². The second-order valence-corrected chi connectivity index (χ2v) is 11.9. The first-order valence-electron chi connectivity index (χ1n) is 12.2. The molecule has 2 heterocycles.